The molecule has 4 N–H and O–H groups in total. The van der Waals surface area contributed by atoms with Gasteiger partial charge in [-0.3, -0.25) is 0 Å². The second kappa shape index (κ2) is 8.90. The Morgan fingerprint density at radius 1 is 1.24 bits per heavy atom. The van der Waals surface area contributed by atoms with Gasteiger partial charge in [0.2, 0.25) is 0 Å². The van der Waals surface area contributed by atoms with Crippen LogP contribution in [0.3, 0.4) is 0 Å². The van der Waals surface area contributed by atoms with E-state index in [1.807, 2.05) is 0 Å². The minimum Gasteiger partial charge on any atom is -0.396 e. The van der Waals surface area contributed by atoms with Gasteiger partial charge in [0.05, 0.1) is 0 Å². The largest absolute Gasteiger partial charge is 0.396 e. The molecule has 0 aliphatic heterocycles. The molecule has 0 heterocycles. The summed E-state index contributed by atoms with van der Waals surface area (Å²) in [6.07, 6.45) is 5.23. The van der Waals surface area contributed by atoms with Gasteiger partial charge in [0.15, 0.2) is 0 Å². The lowest BCUT2D eigenvalue weighted by molar-refractivity contribution is 0.196. The molecular formula is C14H32N2O. The number of aliphatic hydroxyl groups excluding tert-OH is 1. The Labute approximate surface area is 107 Å². The topological polar surface area (TPSA) is 58.3 Å². The quantitative estimate of drug-likeness (QED) is 0.552. The number of hydrogen-bond acceptors (Lipinski definition) is 3. The molecule has 0 aromatic heterocycles. The smallest absolute Gasteiger partial charge is 0.0445 e. The molecule has 3 unspecified atom stereocenters. The third kappa shape index (κ3) is 5.84. The Hall–Kier alpha value is -0.120. The van der Waals surface area contributed by atoms with Crippen molar-refractivity contribution in [2.75, 3.05) is 13.2 Å². The second-order valence-corrected chi connectivity index (χ2v) is 5.32. The van der Waals surface area contributed by atoms with E-state index < -0.39 is 0 Å². The van der Waals surface area contributed by atoms with Crippen molar-refractivity contribution in [2.24, 2.45) is 11.7 Å². The molecule has 0 saturated carbocycles. The van der Waals surface area contributed by atoms with Gasteiger partial charge in [-0.2, -0.15) is 0 Å². The van der Waals surface area contributed by atoms with E-state index in [-0.39, 0.29) is 12.1 Å². The van der Waals surface area contributed by atoms with E-state index in [1.54, 1.807) is 0 Å². The zero-order chi connectivity index (χ0) is 13.3. The van der Waals surface area contributed by atoms with Gasteiger partial charge < -0.3 is 16.2 Å². The number of rotatable bonds is 10. The summed E-state index contributed by atoms with van der Waals surface area (Å²) in [6.45, 7) is 9.80. The third-order valence-corrected chi connectivity index (χ3v) is 3.98. The molecule has 0 aliphatic rings. The summed E-state index contributed by atoms with van der Waals surface area (Å²) in [4.78, 5) is 0. The summed E-state index contributed by atoms with van der Waals surface area (Å²) in [5.41, 5.74) is 6.04. The minimum atomic E-state index is 0.0469. The lowest BCUT2D eigenvalue weighted by atomic mass is 9.83. The molecule has 0 aromatic rings. The first-order chi connectivity index (χ1) is 8.07. The number of nitrogens with one attached hydrogen (secondary N) is 1. The first kappa shape index (κ1) is 16.9. The van der Waals surface area contributed by atoms with E-state index >= 15 is 0 Å². The molecule has 0 saturated heterocycles. The van der Waals surface area contributed by atoms with E-state index in [0.29, 0.717) is 18.5 Å². The molecular weight excluding hydrogens is 212 g/mol. The van der Waals surface area contributed by atoms with Crippen molar-refractivity contribution in [3.63, 3.8) is 0 Å². The minimum absolute atomic E-state index is 0.0469. The van der Waals surface area contributed by atoms with Crippen LogP contribution in [0.1, 0.15) is 59.8 Å². The molecule has 0 spiro atoms. The highest BCUT2D eigenvalue weighted by Gasteiger charge is 2.29. The molecule has 3 atom stereocenters. The van der Waals surface area contributed by atoms with E-state index in [0.717, 1.165) is 25.7 Å². The van der Waals surface area contributed by atoms with Crippen molar-refractivity contribution < 1.29 is 5.11 Å². The lowest BCUT2D eigenvalue weighted by Crippen LogP contribution is -2.55. The fourth-order valence-corrected chi connectivity index (χ4v) is 2.37. The molecule has 0 aliphatic carbocycles. The first-order valence-corrected chi connectivity index (χ1v) is 7.16. The maximum Gasteiger partial charge on any atom is 0.0445 e. The Balaban J connectivity index is 4.56. The van der Waals surface area contributed by atoms with Crippen LogP contribution in [-0.4, -0.2) is 29.8 Å². The molecule has 0 aromatic carbocycles. The Morgan fingerprint density at radius 2 is 1.88 bits per heavy atom. The van der Waals surface area contributed by atoms with Crippen LogP contribution in [0, 0.1) is 5.92 Å². The van der Waals surface area contributed by atoms with Crippen molar-refractivity contribution in [1.82, 2.24) is 5.32 Å². The summed E-state index contributed by atoms with van der Waals surface area (Å²) in [5.74, 6) is 0.692. The van der Waals surface area contributed by atoms with Gasteiger partial charge in [-0.15, -0.1) is 0 Å². The van der Waals surface area contributed by atoms with Crippen LogP contribution in [0.2, 0.25) is 0 Å². The first-order valence-electron chi connectivity index (χ1n) is 7.16. The molecule has 3 heteroatoms. The van der Waals surface area contributed by atoms with Gasteiger partial charge in [0.1, 0.15) is 0 Å². The molecule has 0 bridgehead atoms. The molecule has 0 radical (unpaired) electrons. The molecule has 17 heavy (non-hydrogen) atoms. The molecule has 104 valence electrons. The van der Waals surface area contributed by atoms with Crippen molar-refractivity contribution in [3.8, 4) is 0 Å². The van der Waals surface area contributed by atoms with Crippen molar-refractivity contribution >= 4 is 0 Å². The number of aliphatic hydroxyl groups is 1. The fourth-order valence-electron chi connectivity index (χ4n) is 2.37. The predicted octanol–water partition coefficient (Wildman–Crippen LogP) is 2.28. The summed E-state index contributed by atoms with van der Waals surface area (Å²) in [6, 6.07) is 0.382. The highest BCUT2D eigenvalue weighted by atomic mass is 16.3. The summed E-state index contributed by atoms with van der Waals surface area (Å²) < 4.78 is 0. The maximum absolute atomic E-state index is 9.07. The number of hydrogen-bond donors (Lipinski definition) is 3. The van der Waals surface area contributed by atoms with Gasteiger partial charge >= 0.3 is 0 Å². The zero-order valence-electron chi connectivity index (χ0n) is 12.1. The van der Waals surface area contributed by atoms with Gasteiger partial charge in [0, 0.05) is 24.7 Å². The van der Waals surface area contributed by atoms with Crippen LogP contribution in [0.4, 0.5) is 0 Å². The Morgan fingerprint density at radius 3 is 2.24 bits per heavy atom. The summed E-state index contributed by atoms with van der Waals surface area (Å²) in [7, 11) is 0. The van der Waals surface area contributed by atoms with Crippen LogP contribution in [0.5, 0.6) is 0 Å². The van der Waals surface area contributed by atoms with Crippen molar-refractivity contribution in [1.29, 1.82) is 0 Å². The van der Waals surface area contributed by atoms with Crippen LogP contribution in [-0.2, 0) is 0 Å². The van der Waals surface area contributed by atoms with Gasteiger partial charge in [0.25, 0.3) is 0 Å². The van der Waals surface area contributed by atoms with E-state index in [9.17, 15) is 0 Å². The predicted molar refractivity (Wildman–Crippen MR) is 75.1 cm³/mol. The number of nitrogens with two attached hydrogens (primary N) is 1. The van der Waals surface area contributed by atoms with Gasteiger partial charge in [-0.1, -0.05) is 34.1 Å². The Kier molecular flexibility index (Phi) is 8.83. The average Bonchev–Trinajstić information content (AvgIpc) is 2.36. The molecule has 0 rings (SSSR count). The monoisotopic (exact) mass is 244 g/mol. The molecule has 0 amide bonds. The molecule has 3 nitrogen and oxygen atoms in total. The van der Waals surface area contributed by atoms with E-state index in [4.69, 9.17) is 10.8 Å². The third-order valence-electron chi connectivity index (χ3n) is 3.98. The average molecular weight is 244 g/mol. The van der Waals surface area contributed by atoms with Crippen LogP contribution >= 0.6 is 0 Å². The van der Waals surface area contributed by atoms with Crippen molar-refractivity contribution in [2.45, 2.75) is 71.4 Å². The fraction of sp³-hybridized carbons (Fsp3) is 1.00. The summed E-state index contributed by atoms with van der Waals surface area (Å²) >= 11 is 0. The summed E-state index contributed by atoms with van der Waals surface area (Å²) in [5, 5.41) is 12.8. The molecule has 0 fully saturated rings. The highest BCUT2D eigenvalue weighted by Crippen LogP contribution is 2.23. The highest BCUT2D eigenvalue weighted by molar-refractivity contribution is 4.91. The van der Waals surface area contributed by atoms with E-state index in [2.05, 4.69) is 33.0 Å². The van der Waals surface area contributed by atoms with Crippen LogP contribution in [0.15, 0.2) is 0 Å². The van der Waals surface area contributed by atoms with Crippen LogP contribution in [0.25, 0.3) is 0 Å². The SMILES string of the molecule is CCC(C)CC(CC)(CN)NC(CC)CCO. The maximum atomic E-state index is 9.07. The van der Waals surface area contributed by atoms with E-state index in [1.165, 1.54) is 6.42 Å². The standard InChI is InChI=1S/C14H32N2O/c1-5-12(4)10-14(7-3,11-15)16-13(6-2)8-9-17/h12-13,16-17H,5-11,15H2,1-4H3. The Bertz CT molecular complexity index is 181. The van der Waals surface area contributed by atoms with Crippen molar-refractivity contribution in [3.05, 3.63) is 0 Å². The van der Waals surface area contributed by atoms with Gasteiger partial charge in [-0.25, -0.2) is 0 Å². The van der Waals surface area contributed by atoms with Gasteiger partial charge in [-0.05, 0) is 31.6 Å². The van der Waals surface area contributed by atoms with Crippen LogP contribution < -0.4 is 11.1 Å². The normalized spacial score (nSPS) is 18.7. The zero-order valence-corrected chi connectivity index (χ0v) is 12.1. The lowest BCUT2D eigenvalue weighted by Gasteiger charge is -2.38. The second-order valence-electron chi connectivity index (χ2n) is 5.32.